The van der Waals surface area contributed by atoms with Crippen LogP contribution < -0.4 is 11.1 Å². The predicted octanol–water partition coefficient (Wildman–Crippen LogP) is 4.35. The highest BCUT2D eigenvalue weighted by molar-refractivity contribution is 14.0. The van der Waals surface area contributed by atoms with Crippen LogP contribution in [0.3, 0.4) is 0 Å². The largest absolute Gasteiger partial charge is 0.370 e. The second kappa shape index (κ2) is 10.4. The van der Waals surface area contributed by atoms with Gasteiger partial charge in [-0.3, -0.25) is 4.99 Å². The minimum Gasteiger partial charge on any atom is -0.370 e. The molecule has 0 spiro atoms. The van der Waals surface area contributed by atoms with E-state index < -0.39 is 0 Å². The first kappa shape index (κ1) is 18.8. The van der Waals surface area contributed by atoms with Gasteiger partial charge in [0.15, 0.2) is 5.96 Å². The first-order valence-corrected chi connectivity index (χ1v) is 7.73. The van der Waals surface area contributed by atoms with E-state index in [2.05, 4.69) is 10.3 Å². The molecule has 3 N–H and O–H groups in total. The Hall–Kier alpha value is -1.28. The molecule has 0 heterocycles. The van der Waals surface area contributed by atoms with E-state index in [1.165, 1.54) is 12.1 Å². The van der Waals surface area contributed by atoms with Gasteiger partial charge >= 0.3 is 0 Å². The van der Waals surface area contributed by atoms with Gasteiger partial charge in [0, 0.05) is 17.1 Å². The molecule has 118 valence electrons. The van der Waals surface area contributed by atoms with Crippen LogP contribution in [0.4, 0.5) is 10.1 Å². The third-order valence-electron chi connectivity index (χ3n) is 2.71. The molecular weight excluding hydrogens is 412 g/mol. The van der Waals surface area contributed by atoms with E-state index in [0.717, 1.165) is 22.8 Å². The van der Waals surface area contributed by atoms with Crippen LogP contribution in [0, 0.1) is 5.82 Å². The van der Waals surface area contributed by atoms with Crippen molar-refractivity contribution in [2.45, 2.75) is 11.3 Å². The standard InChI is InChI=1S/C16H18FN3S.HI/c17-13-7-9-15(10-8-13)21-12-4-11-19-16(18)20-14-5-2-1-3-6-14;/h1-3,5-10H,4,11-12H2,(H3,18,19,20);1H. The summed E-state index contributed by atoms with van der Waals surface area (Å²) in [5.41, 5.74) is 6.74. The normalized spacial score (nSPS) is 10.9. The number of para-hydroxylation sites is 1. The fourth-order valence-corrected chi connectivity index (χ4v) is 2.53. The molecule has 0 amide bonds. The summed E-state index contributed by atoms with van der Waals surface area (Å²) in [7, 11) is 0. The zero-order valence-corrected chi connectivity index (χ0v) is 15.2. The molecule has 6 heteroatoms. The van der Waals surface area contributed by atoms with Crippen LogP contribution in [0.1, 0.15) is 6.42 Å². The van der Waals surface area contributed by atoms with Crippen LogP contribution in [-0.2, 0) is 0 Å². The number of halogens is 2. The Morgan fingerprint density at radius 2 is 1.77 bits per heavy atom. The Kier molecular flexibility index (Phi) is 8.91. The molecule has 2 aromatic carbocycles. The summed E-state index contributed by atoms with van der Waals surface area (Å²) in [6, 6.07) is 16.2. The van der Waals surface area contributed by atoms with Crippen molar-refractivity contribution in [2.24, 2.45) is 10.7 Å². The number of hydrogen-bond donors (Lipinski definition) is 2. The lowest BCUT2D eigenvalue weighted by atomic mass is 10.3. The molecule has 0 bridgehead atoms. The molecule has 0 saturated heterocycles. The van der Waals surface area contributed by atoms with Crippen molar-refractivity contribution in [3.05, 3.63) is 60.4 Å². The minimum atomic E-state index is -0.205. The quantitative estimate of drug-likeness (QED) is 0.235. The monoisotopic (exact) mass is 431 g/mol. The third kappa shape index (κ3) is 7.13. The molecule has 0 fully saturated rings. The molecule has 0 aliphatic carbocycles. The highest BCUT2D eigenvalue weighted by atomic mass is 127. The molecule has 0 saturated carbocycles. The lowest BCUT2D eigenvalue weighted by Gasteiger charge is -2.05. The molecule has 2 rings (SSSR count). The fraction of sp³-hybridized carbons (Fsp3) is 0.188. The van der Waals surface area contributed by atoms with Crippen molar-refractivity contribution >= 4 is 47.4 Å². The number of anilines is 1. The van der Waals surface area contributed by atoms with Crippen LogP contribution >= 0.6 is 35.7 Å². The van der Waals surface area contributed by atoms with Crippen molar-refractivity contribution in [2.75, 3.05) is 17.6 Å². The van der Waals surface area contributed by atoms with Crippen molar-refractivity contribution in [1.29, 1.82) is 0 Å². The highest BCUT2D eigenvalue weighted by Crippen LogP contribution is 2.18. The van der Waals surface area contributed by atoms with Crippen LogP contribution in [-0.4, -0.2) is 18.3 Å². The summed E-state index contributed by atoms with van der Waals surface area (Å²) in [5.74, 6) is 1.14. The molecule has 0 aliphatic rings. The van der Waals surface area contributed by atoms with Gasteiger partial charge in [-0.15, -0.1) is 35.7 Å². The van der Waals surface area contributed by atoms with Crippen molar-refractivity contribution in [3.63, 3.8) is 0 Å². The zero-order valence-electron chi connectivity index (χ0n) is 12.0. The summed E-state index contributed by atoms with van der Waals surface area (Å²) in [6.45, 7) is 0.667. The van der Waals surface area contributed by atoms with E-state index in [0.29, 0.717) is 12.5 Å². The Balaban J connectivity index is 0.00000242. The minimum absolute atomic E-state index is 0. The maximum atomic E-state index is 12.7. The van der Waals surface area contributed by atoms with Gasteiger partial charge in [-0.2, -0.15) is 0 Å². The number of benzene rings is 2. The number of hydrogen-bond acceptors (Lipinski definition) is 2. The summed E-state index contributed by atoms with van der Waals surface area (Å²) in [5, 5.41) is 3.04. The number of nitrogens with two attached hydrogens (primary N) is 1. The number of guanidine groups is 1. The van der Waals surface area contributed by atoms with Crippen molar-refractivity contribution < 1.29 is 4.39 Å². The van der Waals surface area contributed by atoms with Gasteiger partial charge in [0.2, 0.25) is 0 Å². The number of aliphatic imine (C=N–C) groups is 1. The summed E-state index contributed by atoms with van der Waals surface area (Å²) >= 11 is 1.69. The second-order valence-corrected chi connectivity index (χ2v) is 5.58. The Morgan fingerprint density at radius 3 is 2.45 bits per heavy atom. The molecule has 0 aliphatic heterocycles. The van der Waals surface area contributed by atoms with E-state index in [1.807, 2.05) is 30.3 Å². The van der Waals surface area contributed by atoms with Crippen molar-refractivity contribution in [1.82, 2.24) is 0 Å². The van der Waals surface area contributed by atoms with Gasteiger partial charge in [0.05, 0.1) is 0 Å². The van der Waals surface area contributed by atoms with E-state index in [4.69, 9.17) is 5.73 Å². The molecule has 0 unspecified atom stereocenters. The molecule has 2 aromatic rings. The predicted molar refractivity (Wildman–Crippen MR) is 104 cm³/mol. The number of rotatable bonds is 6. The van der Waals surface area contributed by atoms with E-state index in [9.17, 15) is 4.39 Å². The van der Waals surface area contributed by atoms with E-state index in [1.54, 1.807) is 23.9 Å². The first-order chi connectivity index (χ1) is 10.2. The average Bonchev–Trinajstić information content (AvgIpc) is 2.50. The lowest BCUT2D eigenvalue weighted by Crippen LogP contribution is -2.22. The Bertz CT molecular complexity index is 576. The topological polar surface area (TPSA) is 50.4 Å². The molecule has 3 nitrogen and oxygen atoms in total. The first-order valence-electron chi connectivity index (χ1n) is 6.74. The number of thioether (sulfide) groups is 1. The molecule has 0 aromatic heterocycles. The van der Waals surface area contributed by atoms with E-state index >= 15 is 0 Å². The van der Waals surface area contributed by atoms with Crippen LogP contribution in [0.2, 0.25) is 0 Å². The van der Waals surface area contributed by atoms with Crippen LogP contribution in [0.5, 0.6) is 0 Å². The smallest absolute Gasteiger partial charge is 0.193 e. The number of nitrogens with one attached hydrogen (secondary N) is 1. The lowest BCUT2D eigenvalue weighted by molar-refractivity contribution is 0.626. The van der Waals surface area contributed by atoms with Gasteiger partial charge in [-0.1, -0.05) is 18.2 Å². The second-order valence-electron chi connectivity index (χ2n) is 4.41. The van der Waals surface area contributed by atoms with Gasteiger partial charge in [-0.25, -0.2) is 4.39 Å². The summed E-state index contributed by atoms with van der Waals surface area (Å²) in [4.78, 5) is 5.34. The van der Waals surface area contributed by atoms with Crippen LogP contribution in [0.15, 0.2) is 64.5 Å². The fourth-order valence-electron chi connectivity index (χ4n) is 1.69. The molecule has 22 heavy (non-hydrogen) atoms. The van der Waals surface area contributed by atoms with Gasteiger partial charge < -0.3 is 11.1 Å². The maximum Gasteiger partial charge on any atom is 0.193 e. The SMILES string of the molecule is I.NC(=NCCCSc1ccc(F)cc1)Nc1ccccc1. The third-order valence-corrected chi connectivity index (χ3v) is 3.81. The van der Waals surface area contributed by atoms with E-state index in [-0.39, 0.29) is 29.8 Å². The Morgan fingerprint density at radius 1 is 1.09 bits per heavy atom. The van der Waals surface area contributed by atoms with Gasteiger partial charge in [0.1, 0.15) is 5.82 Å². The van der Waals surface area contributed by atoms with Gasteiger partial charge in [0.25, 0.3) is 0 Å². The van der Waals surface area contributed by atoms with Gasteiger partial charge in [-0.05, 0) is 48.6 Å². The molecule has 0 radical (unpaired) electrons. The average molecular weight is 431 g/mol. The number of nitrogens with zero attached hydrogens (tertiary/aromatic N) is 1. The maximum absolute atomic E-state index is 12.7. The molecular formula is C16H19FIN3S. The van der Waals surface area contributed by atoms with Crippen molar-refractivity contribution in [3.8, 4) is 0 Å². The van der Waals surface area contributed by atoms with Crippen LogP contribution in [0.25, 0.3) is 0 Å². The Labute approximate surface area is 151 Å². The molecule has 0 atom stereocenters. The zero-order chi connectivity index (χ0) is 14.9. The summed E-state index contributed by atoms with van der Waals surface area (Å²) < 4.78 is 12.7. The summed E-state index contributed by atoms with van der Waals surface area (Å²) in [6.07, 6.45) is 0.916. The highest BCUT2D eigenvalue weighted by Gasteiger charge is 1.96.